The summed E-state index contributed by atoms with van der Waals surface area (Å²) in [5.41, 5.74) is 1.41. The number of H-pyrrole nitrogens is 1. The van der Waals surface area contributed by atoms with E-state index in [1.54, 1.807) is 30.7 Å². The molecule has 0 bridgehead atoms. The molecule has 5 aromatic rings. The number of aromatic nitrogens is 3. The Bertz CT molecular complexity index is 1500. The third kappa shape index (κ3) is 3.95. The number of carbonyl (C=O) groups excluding carboxylic acids is 1. The monoisotopic (exact) mass is 460 g/mol. The standard InChI is InChI=1S/C25H15F3N4O2/c26-17-4-1-5-18(27)23(17)25(33)32-15-6-7-20(19(28)11-15)34-21-8-10-30-24-22(21)16(13-31-24)14-3-2-9-29-12-14/h1-13H,(H,30,31)(H,32,33). The number of pyridine rings is 2. The van der Waals surface area contributed by atoms with Crippen LogP contribution >= 0.6 is 0 Å². The molecule has 34 heavy (non-hydrogen) atoms. The number of carbonyl (C=O) groups is 1. The largest absolute Gasteiger partial charge is 0.453 e. The van der Waals surface area contributed by atoms with Gasteiger partial charge in [0, 0.05) is 47.7 Å². The number of fused-ring (bicyclic) bond motifs is 1. The Morgan fingerprint density at radius 1 is 0.912 bits per heavy atom. The van der Waals surface area contributed by atoms with E-state index in [1.165, 1.54) is 18.3 Å². The van der Waals surface area contributed by atoms with Crippen molar-refractivity contribution >= 4 is 22.6 Å². The van der Waals surface area contributed by atoms with E-state index in [4.69, 9.17) is 4.74 Å². The summed E-state index contributed by atoms with van der Waals surface area (Å²) in [5.74, 6) is -3.61. The molecular weight excluding hydrogens is 445 g/mol. The summed E-state index contributed by atoms with van der Waals surface area (Å²) >= 11 is 0. The van der Waals surface area contributed by atoms with Gasteiger partial charge in [0.15, 0.2) is 11.6 Å². The second-order valence-electron chi connectivity index (χ2n) is 7.27. The minimum absolute atomic E-state index is 0.00933. The van der Waals surface area contributed by atoms with Gasteiger partial charge in [0.05, 0.1) is 5.39 Å². The van der Waals surface area contributed by atoms with Gasteiger partial charge < -0.3 is 15.0 Å². The van der Waals surface area contributed by atoms with Crippen molar-refractivity contribution in [1.82, 2.24) is 15.0 Å². The number of amides is 1. The van der Waals surface area contributed by atoms with Crippen LogP contribution in [0.3, 0.4) is 0 Å². The minimum atomic E-state index is -1.03. The molecule has 2 N–H and O–H groups in total. The van der Waals surface area contributed by atoms with Gasteiger partial charge >= 0.3 is 0 Å². The van der Waals surface area contributed by atoms with Gasteiger partial charge in [-0.25, -0.2) is 18.2 Å². The molecule has 0 radical (unpaired) electrons. The molecular formula is C25H15F3N4O2. The lowest BCUT2D eigenvalue weighted by molar-refractivity contribution is 0.101. The highest BCUT2D eigenvalue weighted by Gasteiger charge is 2.19. The minimum Gasteiger partial charge on any atom is -0.453 e. The first-order valence-corrected chi connectivity index (χ1v) is 10.1. The second kappa shape index (κ2) is 8.70. The number of anilines is 1. The fourth-order valence-corrected chi connectivity index (χ4v) is 3.55. The predicted octanol–water partition coefficient (Wildman–Crippen LogP) is 6.09. The molecule has 0 fully saturated rings. The average molecular weight is 460 g/mol. The Morgan fingerprint density at radius 3 is 2.47 bits per heavy atom. The molecule has 0 spiro atoms. The van der Waals surface area contributed by atoms with Crippen molar-refractivity contribution in [3.63, 3.8) is 0 Å². The van der Waals surface area contributed by atoms with Crippen LogP contribution in [0.5, 0.6) is 11.5 Å². The van der Waals surface area contributed by atoms with Crippen LogP contribution in [0, 0.1) is 17.5 Å². The number of benzene rings is 2. The van der Waals surface area contributed by atoms with Crippen LogP contribution in [-0.2, 0) is 0 Å². The molecule has 0 atom stereocenters. The quantitative estimate of drug-likeness (QED) is 0.333. The molecule has 0 saturated heterocycles. The molecule has 0 aliphatic carbocycles. The number of rotatable bonds is 5. The van der Waals surface area contributed by atoms with Crippen molar-refractivity contribution in [2.24, 2.45) is 0 Å². The van der Waals surface area contributed by atoms with Crippen molar-refractivity contribution < 1.29 is 22.7 Å². The summed E-state index contributed by atoms with van der Waals surface area (Å²) in [4.78, 5) is 23.7. The van der Waals surface area contributed by atoms with Gasteiger partial charge in [-0.1, -0.05) is 12.1 Å². The number of halogens is 3. The topological polar surface area (TPSA) is 79.9 Å². The summed E-state index contributed by atoms with van der Waals surface area (Å²) in [5, 5.41) is 2.93. The molecule has 3 aromatic heterocycles. The molecule has 2 aromatic carbocycles. The van der Waals surface area contributed by atoms with Gasteiger partial charge in [-0.3, -0.25) is 9.78 Å². The zero-order valence-electron chi connectivity index (χ0n) is 17.4. The number of aromatic amines is 1. The average Bonchev–Trinajstić information content (AvgIpc) is 3.26. The SMILES string of the molecule is O=C(Nc1ccc(Oc2ccnc3[nH]cc(-c4cccnc4)c23)c(F)c1)c1c(F)cccc1F. The Labute approximate surface area is 191 Å². The van der Waals surface area contributed by atoms with Crippen LogP contribution in [0.4, 0.5) is 18.9 Å². The summed E-state index contributed by atoms with van der Waals surface area (Å²) in [7, 11) is 0. The van der Waals surface area contributed by atoms with Crippen molar-refractivity contribution in [3.05, 3.63) is 102 Å². The van der Waals surface area contributed by atoms with Crippen LogP contribution in [-0.4, -0.2) is 20.9 Å². The molecule has 3 heterocycles. The number of nitrogens with one attached hydrogen (secondary N) is 2. The highest BCUT2D eigenvalue weighted by atomic mass is 19.1. The summed E-state index contributed by atoms with van der Waals surface area (Å²) in [6, 6.07) is 12.0. The Kier molecular flexibility index (Phi) is 5.43. The van der Waals surface area contributed by atoms with E-state index in [2.05, 4.69) is 20.3 Å². The fourth-order valence-electron chi connectivity index (χ4n) is 3.55. The van der Waals surface area contributed by atoms with Crippen molar-refractivity contribution in [2.45, 2.75) is 0 Å². The molecule has 168 valence electrons. The lowest BCUT2D eigenvalue weighted by atomic mass is 10.1. The maximum absolute atomic E-state index is 14.8. The molecule has 0 unspecified atom stereocenters. The lowest BCUT2D eigenvalue weighted by Gasteiger charge is -2.11. The first-order valence-electron chi connectivity index (χ1n) is 10.1. The highest BCUT2D eigenvalue weighted by Crippen LogP contribution is 2.37. The maximum atomic E-state index is 14.8. The van der Waals surface area contributed by atoms with E-state index in [1.807, 2.05) is 6.07 Å². The van der Waals surface area contributed by atoms with E-state index in [0.717, 1.165) is 35.4 Å². The Balaban J connectivity index is 1.43. The smallest absolute Gasteiger partial charge is 0.261 e. The van der Waals surface area contributed by atoms with E-state index < -0.39 is 28.9 Å². The predicted molar refractivity (Wildman–Crippen MR) is 120 cm³/mol. The van der Waals surface area contributed by atoms with Crippen LogP contribution < -0.4 is 10.1 Å². The molecule has 0 aliphatic rings. The third-order valence-electron chi connectivity index (χ3n) is 5.11. The zero-order valence-corrected chi connectivity index (χ0v) is 17.4. The van der Waals surface area contributed by atoms with Crippen molar-refractivity contribution in [3.8, 4) is 22.6 Å². The van der Waals surface area contributed by atoms with E-state index in [9.17, 15) is 18.0 Å². The van der Waals surface area contributed by atoms with E-state index >= 15 is 0 Å². The van der Waals surface area contributed by atoms with Gasteiger partial charge in [-0.05, 0) is 36.4 Å². The van der Waals surface area contributed by atoms with Gasteiger partial charge in [0.25, 0.3) is 5.91 Å². The molecule has 5 rings (SSSR count). The number of nitrogens with zero attached hydrogens (tertiary/aromatic N) is 2. The molecule has 6 nitrogen and oxygen atoms in total. The molecule has 1 amide bonds. The van der Waals surface area contributed by atoms with Gasteiger partial charge in [-0.2, -0.15) is 0 Å². The van der Waals surface area contributed by atoms with Crippen LogP contribution in [0.25, 0.3) is 22.2 Å². The maximum Gasteiger partial charge on any atom is 0.261 e. The summed E-state index contributed by atoms with van der Waals surface area (Å²) < 4.78 is 48.4. The summed E-state index contributed by atoms with van der Waals surface area (Å²) in [6.45, 7) is 0. The van der Waals surface area contributed by atoms with Gasteiger partial charge in [0.1, 0.15) is 28.6 Å². The third-order valence-corrected chi connectivity index (χ3v) is 5.11. The molecule has 9 heteroatoms. The summed E-state index contributed by atoms with van der Waals surface area (Å²) in [6.07, 6.45) is 6.63. The normalized spacial score (nSPS) is 10.9. The lowest BCUT2D eigenvalue weighted by Crippen LogP contribution is -2.16. The Morgan fingerprint density at radius 2 is 1.74 bits per heavy atom. The van der Waals surface area contributed by atoms with Crippen molar-refractivity contribution in [2.75, 3.05) is 5.32 Å². The number of hydrogen-bond donors (Lipinski definition) is 2. The second-order valence-corrected chi connectivity index (χ2v) is 7.27. The van der Waals surface area contributed by atoms with E-state index in [-0.39, 0.29) is 11.4 Å². The van der Waals surface area contributed by atoms with Gasteiger partial charge in [-0.15, -0.1) is 0 Å². The first-order chi connectivity index (χ1) is 16.5. The van der Waals surface area contributed by atoms with Crippen molar-refractivity contribution in [1.29, 1.82) is 0 Å². The zero-order chi connectivity index (χ0) is 23.7. The van der Waals surface area contributed by atoms with Crippen LogP contribution in [0.2, 0.25) is 0 Å². The highest BCUT2D eigenvalue weighted by molar-refractivity contribution is 6.04. The molecule has 0 saturated carbocycles. The van der Waals surface area contributed by atoms with Crippen LogP contribution in [0.15, 0.2) is 79.4 Å². The van der Waals surface area contributed by atoms with E-state index in [0.29, 0.717) is 16.8 Å². The first kappa shape index (κ1) is 21.2. The van der Waals surface area contributed by atoms with Crippen LogP contribution in [0.1, 0.15) is 10.4 Å². The van der Waals surface area contributed by atoms with Gasteiger partial charge in [0.2, 0.25) is 0 Å². The molecule has 0 aliphatic heterocycles. The number of hydrogen-bond acceptors (Lipinski definition) is 4. The fraction of sp³-hybridized carbons (Fsp3) is 0. The Hall–Kier alpha value is -4.66. The number of ether oxygens (including phenoxy) is 1.